The summed E-state index contributed by atoms with van der Waals surface area (Å²) in [6.45, 7) is 8.47. The molecular weight excluding hydrogens is 238 g/mol. The lowest BCUT2D eigenvalue weighted by Gasteiger charge is -2.19. The summed E-state index contributed by atoms with van der Waals surface area (Å²) in [5.41, 5.74) is 1.32. The van der Waals surface area contributed by atoms with E-state index in [0.29, 0.717) is 12.1 Å². The van der Waals surface area contributed by atoms with Crippen LogP contribution in [-0.4, -0.2) is 35.6 Å². The smallest absolute Gasteiger partial charge is 0.0543 e. The molecule has 0 fully saturated rings. The minimum atomic E-state index is 0.337. The Kier molecular flexibility index (Phi) is 7.75. The number of rotatable bonds is 10. The summed E-state index contributed by atoms with van der Waals surface area (Å²) in [4.78, 5) is 0. The summed E-state index contributed by atoms with van der Waals surface area (Å²) in [6, 6.07) is 0.520. The molecule has 4 heteroatoms. The molecule has 0 saturated heterocycles. The van der Waals surface area contributed by atoms with Crippen molar-refractivity contribution >= 4 is 0 Å². The Morgan fingerprint density at radius 1 is 1.37 bits per heavy atom. The van der Waals surface area contributed by atoms with Crippen molar-refractivity contribution in [2.75, 3.05) is 13.7 Å². The predicted octanol–water partition coefficient (Wildman–Crippen LogP) is 2.63. The van der Waals surface area contributed by atoms with E-state index in [-0.39, 0.29) is 0 Å². The third kappa shape index (κ3) is 6.21. The number of ether oxygens (including phenoxy) is 1. The molecule has 0 bridgehead atoms. The Morgan fingerprint density at radius 2 is 2.16 bits per heavy atom. The molecule has 2 atom stereocenters. The first-order chi connectivity index (χ1) is 9.19. The van der Waals surface area contributed by atoms with Gasteiger partial charge in [-0.05, 0) is 51.6 Å². The van der Waals surface area contributed by atoms with Gasteiger partial charge in [-0.25, -0.2) is 0 Å². The number of methoxy groups -OCH3 is 1. The summed E-state index contributed by atoms with van der Waals surface area (Å²) >= 11 is 0. The maximum Gasteiger partial charge on any atom is 0.0543 e. The molecule has 0 aliphatic carbocycles. The highest BCUT2D eigenvalue weighted by molar-refractivity contribution is 5.06. The first-order valence-electron chi connectivity index (χ1n) is 7.47. The van der Waals surface area contributed by atoms with E-state index in [2.05, 4.69) is 37.4 Å². The minimum absolute atomic E-state index is 0.337. The van der Waals surface area contributed by atoms with Gasteiger partial charge in [-0.2, -0.15) is 5.10 Å². The van der Waals surface area contributed by atoms with Gasteiger partial charge in [0.05, 0.1) is 12.3 Å². The zero-order chi connectivity index (χ0) is 14.1. The quantitative estimate of drug-likeness (QED) is 0.708. The highest BCUT2D eigenvalue weighted by Crippen LogP contribution is 2.10. The highest BCUT2D eigenvalue weighted by atomic mass is 16.5. The van der Waals surface area contributed by atoms with E-state index < -0.39 is 0 Å². The van der Waals surface area contributed by atoms with Gasteiger partial charge < -0.3 is 10.1 Å². The van der Waals surface area contributed by atoms with E-state index >= 15 is 0 Å². The molecule has 4 nitrogen and oxygen atoms in total. The second-order valence-corrected chi connectivity index (χ2v) is 5.18. The fourth-order valence-electron chi connectivity index (χ4n) is 2.15. The molecule has 0 aromatic carbocycles. The molecule has 19 heavy (non-hydrogen) atoms. The molecule has 1 heterocycles. The van der Waals surface area contributed by atoms with Crippen molar-refractivity contribution in [3.05, 3.63) is 18.0 Å². The van der Waals surface area contributed by atoms with Crippen molar-refractivity contribution in [3.8, 4) is 0 Å². The number of nitrogens with one attached hydrogen (secondary N) is 1. The van der Waals surface area contributed by atoms with E-state index in [0.717, 1.165) is 32.4 Å². The number of nitrogens with zero attached hydrogens (tertiary/aromatic N) is 2. The molecule has 1 aromatic rings. The van der Waals surface area contributed by atoms with Crippen LogP contribution in [0.3, 0.4) is 0 Å². The predicted molar refractivity (Wildman–Crippen MR) is 79.4 cm³/mol. The van der Waals surface area contributed by atoms with Crippen molar-refractivity contribution in [3.63, 3.8) is 0 Å². The lowest BCUT2D eigenvalue weighted by Crippen LogP contribution is -2.32. The van der Waals surface area contributed by atoms with Crippen molar-refractivity contribution < 1.29 is 4.74 Å². The van der Waals surface area contributed by atoms with Gasteiger partial charge in [0.1, 0.15) is 0 Å². The summed E-state index contributed by atoms with van der Waals surface area (Å²) in [7, 11) is 1.78. The van der Waals surface area contributed by atoms with E-state index in [1.807, 2.05) is 10.9 Å². The third-order valence-corrected chi connectivity index (χ3v) is 3.50. The number of aryl methyl sites for hydroxylation is 1. The first-order valence-corrected chi connectivity index (χ1v) is 7.47. The van der Waals surface area contributed by atoms with Crippen molar-refractivity contribution in [1.29, 1.82) is 0 Å². The molecular formula is C15H29N3O. The Balaban J connectivity index is 2.47. The Labute approximate surface area is 117 Å². The second kappa shape index (κ2) is 9.10. The summed E-state index contributed by atoms with van der Waals surface area (Å²) < 4.78 is 7.32. The monoisotopic (exact) mass is 267 g/mol. The number of hydrogen-bond donors (Lipinski definition) is 1. The van der Waals surface area contributed by atoms with Gasteiger partial charge in [-0.3, -0.25) is 4.68 Å². The van der Waals surface area contributed by atoms with Crippen LogP contribution in [0.1, 0.15) is 45.6 Å². The lowest BCUT2D eigenvalue weighted by molar-refractivity contribution is 0.106. The van der Waals surface area contributed by atoms with Gasteiger partial charge in [0, 0.05) is 25.9 Å². The molecule has 0 amide bonds. The van der Waals surface area contributed by atoms with Crippen molar-refractivity contribution in [1.82, 2.24) is 15.1 Å². The maximum atomic E-state index is 5.33. The van der Waals surface area contributed by atoms with Gasteiger partial charge in [0.2, 0.25) is 0 Å². The Morgan fingerprint density at radius 3 is 2.74 bits per heavy atom. The Hall–Kier alpha value is -0.870. The van der Waals surface area contributed by atoms with Crippen LogP contribution in [0.4, 0.5) is 0 Å². The van der Waals surface area contributed by atoms with Crippen LogP contribution >= 0.6 is 0 Å². The van der Waals surface area contributed by atoms with Gasteiger partial charge in [-0.15, -0.1) is 0 Å². The van der Waals surface area contributed by atoms with Crippen LogP contribution in [0.25, 0.3) is 0 Å². The van der Waals surface area contributed by atoms with E-state index in [4.69, 9.17) is 4.74 Å². The Bertz CT molecular complexity index is 338. The average Bonchev–Trinajstić information content (AvgIpc) is 2.89. The molecule has 0 spiro atoms. The zero-order valence-electron chi connectivity index (χ0n) is 12.9. The third-order valence-electron chi connectivity index (χ3n) is 3.50. The molecule has 0 radical (unpaired) electrons. The van der Waals surface area contributed by atoms with E-state index in [1.165, 1.54) is 12.0 Å². The lowest BCUT2D eigenvalue weighted by atomic mass is 10.0. The largest absolute Gasteiger partial charge is 0.382 e. The van der Waals surface area contributed by atoms with Crippen LogP contribution in [0.15, 0.2) is 12.4 Å². The van der Waals surface area contributed by atoms with Crippen LogP contribution in [0.2, 0.25) is 0 Å². The SMILES string of the molecule is CCCNC(CCC(C)OC)Cc1cnn(CC)c1. The van der Waals surface area contributed by atoms with E-state index in [1.54, 1.807) is 7.11 Å². The van der Waals surface area contributed by atoms with Crippen LogP contribution in [0.5, 0.6) is 0 Å². The van der Waals surface area contributed by atoms with Crippen molar-refractivity contribution in [2.45, 2.75) is 65.1 Å². The minimum Gasteiger partial charge on any atom is -0.382 e. The van der Waals surface area contributed by atoms with Crippen molar-refractivity contribution in [2.24, 2.45) is 0 Å². The summed E-state index contributed by atoms with van der Waals surface area (Å²) in [6.07, 6.45) is 8.95. The standard InChI is InChI=1S/C15H29N3O/c1-5-9-16-15(8-7-13(3)19-4)10-14-11-17-18(6-2)12-14/h11-13,15-16H,5-10H2,1-4H3. The summed E-state index contributed by atoms with van der Waals surface area (Å²) in [5, 5.41) is 7.98. The molecule has 0 aliphatic rings. The molecule has 1 rings (SSSR count). The zero-order valence-corrected chi connectivity index (χ0v) is 12.9. The van der Waals surface area contributed by atoms with Crippen LogP contribution < -0.4 is 5.32 Å². The van der Waals surface area contributed by atoms with Gasteiger partial charge >= 0.3 is 0 Å². The maximum absolute atomic E-state index is 5.33. The molecule has 110 valence electrons. The normalized spacial score (nSPS) is 14.5. The van der Waals surface area contributed by atoms with Crippen LogP contribution in [-0.2, 0) is 17.7 Å². The average molecular weight is 267 g/mol. The first kappa shape index (κ1) is 16.2. The fraction of sp³-hybridized carbons (Fsp3) is 0.800. The van der Waals surface area contributed by atoms with Crippen LogP contribution in [0, 0.1) is 0 Å². The van der Waals surface area contributed by atoms with Gasteiger partial charge in [0.15, 0.2) is 0 Å². The van der Waals surface area contributed by atoms with Gasteiger partial charge in [0.25, 0.3) is 0 Å². The molecule has 1 aromatic heterocycles. The number of aromatic nitrogens is 2. The second-order valence-electron chi connectivity index (χ2n) is 5.18. The highest BCUT2D eigenvalue weighted by Gasteiger charge is 2.12. The molecule has 0 aliphatic heterocycles. The van der Waals surface area contributed by atoms with E-state index in [9.17, 15) is 0 Å². The topological polar surface area (TPSA) is 39.1 Å². The molecule has 1 N–H and O–H groups in total. The molecule has 2 unspecified atom stereocenters. The molecule has 0 saturated carbocycles. The fourth-order valence-corrected chi connectivity index (χ4v) is 2.15. The van der Waals surface area contributed by atoms with Gasteiger partial charge in [-0.1, -0.05) is 6.92 Å². The summed E-state index contributed by atoms with van der Waals surface area (Å²) in [5.74, 6) is 0. The number of hydrogen-bond acceptors (Lipinski definition) is 3.